The lowest BCUT2D eigenvalue weighted by atomic mass is 9.97. The lowest BCUT2D eigenvalue weighted by Crippen LogP contribution is -2.34. The van der Waals surface area contributed by atoms with Crippen LogP contribution in [0, 0.1) is 0 Å². The monoisotopic (exact) mass is 257 g/mol. The van der Waals surface area contributed by atoms with E-state index in [4.69, 9.17) is 20.4 Å². The summed E-state index contributed by atoms with van der Waals surface area (Å²) in [4.78, 5) is 43.1. The van der Waals surface area contributed by atoms with Crippen LogP contribution in [0.2, 0.25) is 0 Å². The maximum absolute atomic E-state index is 10.8. The van der Waals surface area contributed by atoms with Gasteiger partial charge in [0.15, 0.2) is 0 Å². The van der Waals surface area contributed by atoms with E-state index in [0.29, 0.717) is 0 Å². The molecular formula is C9H7NO8. The highest BCUT2D eigenvalue weighted by Gasteiger charge is 2.33. The van der Waals surface area contributed by atoms with Crippen molar-refractivity contribution in [1.29, 1.82) is 0 Å². The fourth-order valence-corrected chi connectivity index (χ4v) is 1.36. The molecule has 1 heterocycles. The molecule has 0 unspecified atom stereocenters. The number of rotatable bonds is 4. The Morgan fingerprint density at radius 3 is 1.28 bits per heavy atom. The minimum Gasteiger partial charge on any atom is -0.478 e. The van der Waals surface area contributed by atoms with E-state index in [9.17, 15) is 19.2 Å². The Morgan fingerprint density at radius 2 is 1.06 bits per heavy atom. The average Bonchev–Trinajstić information content (AvgIpc) is 2.26. The number of dihydropyridines is 1. The van der Waals surface area contributed by atoms with Crippen molar-refractivity contribution < 1.29 is 39.6 Å². The van der Waals surface area contributed by atoms with Gasteiger partial charge < -0.3 is 25.7 Å². The van der Waals surface area contributed by atoms with Gasteiger partial charge in [-0.05, 0) is 0 Å². The number of hydrogen-bond donors (Lipinski definition) is 5. The van der Waals surface area contributed by atoms with Gasteiger partial charge in [-0.2, -0.15) is 0 Å². The van der Waals surface area contributed by atoms with Crippen LogP contribution in [0.15, 0.2) is 22.5 Å². The lowest BCUT2D eigenvalue weighted by Gasteiger charge is -2.19. The smallest absolute Gasteiger partial charge is 0.352 e. The van der Waals surface area contributed by atoms with E-state index < -0.39 is 52.8 Å². The Hall–Kier alpha value is -2.84. The molecule has 0 aromatic heterocycles. The second-order valence-corrected chi connectivity index (χ2v) is 3.23. The third-order valence-electron chi connectivity index (χ3n) is 2.15. The summed E-state index contributed by atoms with van der Waals surface area (Å²) in [6, 6.07) is 0. The van der Waals surface area contributed by atoms with E-state index >= 15 is 0 Å². The molecule has 9 heteroatoms. The van der Waals surface area contributed by atoms with Crippen LogP contribution < -0.4 is 5.32 Å². The molecular weight excluding hydrogens is 250 g/mol. The van der Waals surface area contributed by atoms with E-state index in [2.05, 4.69) is 0 Å². The molecule has 0 bridgehead atoms. The molecule has 0 radical (unpaired) electrons. The Labute approximate surface area is 98.6 Å². The van der Waals surface area contributed by atoms with Crippen molar-refractivity contribution in [3.05, 3.63) is 22.5 Å². The van der Waals surface area contributed by atoms with Crippen LogP contribution >= 0.6 is 0 Å². The SMILES string of the molecule is O=C(O)C1=C(C(=O)O)NC(C(=O)O)=C(C(=O)O)C1. The van der Waals surface area contributed by atoms with Gasteiger partial charge in [0.2, 0.25) is 0 Å². The van der Waals surface area contributed by atoms with Crippen molar-refractivity contribution in [3.63, 3.8) is 0 Å². The summed E-state index contributed by atoms with van der Waals surface area (Å²) >= 11 is 0. The molecule has 1 aliphatic heterocycles. The Bertz CT molecular complexity index is 435. The summed E-state index contributed by atoms with van der Waals surface area (Å²) in [5, 5.41) is 36.8. The summed E-state index contributed by atoms with van der Waals surface area (Å²) in [5.41, 5.74) is -3.15. The zero-order valence-corrected chi connectivity index (χ0v) is 8.63. The molecule has 9 nitrogen and oxygen atoms in total. The van der Waals surface area contributed by atoms with Crippen molar-refractivity contribution in [1.82, 2.24) is 5.32 Å². The van der Waals surface area contributed by atoms with Crippen LogP contribution in [0.4, 0.5) is 0 Å². The zero-order valence-electron chi connectivity index (χ0n) is 8.63. The van der Waals surface area contributed by atoms with Gasteiger partial charge in [-0.25, -0.2) is 19.2 Å². The van der Waals surface area contributed by atoms with Gasteiger partial charge in [0, 0.05) is 6.42 Å². The molecule has 5 N–H and O–H groups in total. The first-order valence-corrected chi connectivity index (χ1v) is 4.42. The van der Waals surface area contributed by atoms with Crippen LogP contribution in [0.25, 0.3) is 0 Å². The average molecular weight is 257 g/mol. The predicted octanol–water partition coefficient (Wildman–Crippen LogP) is -1.17. The molecule has 1 rings (SSSR count). The highest BCUT2D eigenvalue weighted by molar-refractivity contribution is 6.06. The zero-order chi connectivity index (χ0) is 14.0. The minimum atomic E-state index is -1.68. The van der Waals surface area contributed by atoms with Gasteiger partial charge in [-0.15, -0.1) is 0 Å². The highest BCUT2D eigenvalue weighted by atomic mass is 16.4. The predicted molar refractivity (Wildman–Crippen MR) is 52.3 cm³/mol. The first kappa shape index (κ1) is 13.2. The Balaban J connectivity index is 3.35. The van der Waals surface area contributed by atoms with E-state index in [0.717, 1.165) is 0 Å². The first-order chi connectivity index (χ1) is 8.25. The molecule has 0 aromatic rings. The topological polar surface area (TPSA) is 161 Å². The number of carboxylic acids is 4. The number of hydrogen-bond acceptors (Lipinski definition) is 5. The Morgan fingerprint density at radius 1 is 0.722 bits per heavy atom. The van der Waals surface area contributed by atoms with Gasteiger partial charge >= 0.3 is 23.9 Å². The standard InChI is InChI=1S/C9H7NO8/c11-6(12)2-1-3(7(13)14)5(9(17)18)10-4(2)8(15)16/h10H,1H2,(H,11,12)(H,13,14)(H,15,16)(H,17,18). The van der Waals surface area contributed by atoms with Crippen LogP contribution in [0.3, 0.4) is 0 Å². The van der Waals surface area contributed by atoms with Gasteiger partial charge in [-0.1, -0.05) is 0 Å². The summed E-state index contributed by atoms with van der Waals surface area (Å²) in [6.07, 6.45) is -0.791. The third-order valence-corrected chi connectivity index (χ3v) is 2.15. The van der Waals surface area contributed by atoms with Gasteiger partial charge in [0.25, 0.3) is 0 Å². The number of aliphatic carboxylic acids is 4. The van der Waals surface area contributed by atoms with Crippen LogP contribution in [-0.4, -0.2) is 44.3 Å². The van der Waals surface area contributed by atoms with Gasteiger partial charge in [0.05, 0.1) is 11.1 Å². The molecule has 0 spiro atoms. The van der Waals surface area contributed by atoms with Gasteiger partial charge in [0.1, 0.15) is 11.4 Å². The summed E-state index contributed by atoms with van der Waals surface area (Å²) in [6.45, 7) is 0. The summed E-state index contributed by atoms with van der Waals surface area (Å²) < 4.78 is 0. The number of carbonyl (C=O) groups is 4. The maximum Gasteiger partial charge on any atom is 0.352 e. The van der Waals surface area contributed by atoms with Crippen molar-refractivity contribution in [3.8, 4) is 0 Å². The van der Waals surface area contributed by atoms with E-state index in [-0.39, 0.29) is 0 Å². The van der Waals surface area contributed by atoms with Crippen molar-refractivity contribution in [2.45, 2.75) is 6.42 Å². The maximum atomic E-state index is 10.8. The minimum absolute atomic E-state index is 0.718. The molecule has 0 saturated carbocycles. The molecule has 0 fully saturated rings. The molecule has 96 valence electrons. The Kier molecular flexibility index (Phi) is 3.36. The quantitative estimate of drug-likeness (QED) is 0.417. The second kappa shape index (κ2) is 4.57. The van der Waals surface area contributed by atoms with Crippen LogP contribution in [0.5, 0.6) is 0 Å². The molecule has 0 atom stereocenters. The van der Waals surface area contributed by atoms with Crippen molar-refractivity contribution in [2.24, 2.45) is 0 Å². The molecule has 0 aliphatic carbocycles. The summed E-state index contributed by atoms with van der Waals surface area (Å²) in [7, 11) is 0. The van der Waals surface area contributed by atoms with E-state index in [1.54, 1.807) is 0 Å². The molecule has 0 aromatic carbocycles. The van der Waals surface area contributed by atoms with Gasteiger partial charge in [-0.3, -0.25) is 0 Å². The molecule has 1 aliphatic rings. The normalized spacial score (nSPS) is 15.1. The van der Waals surface area contributed by atoms with E-state index in [1.807, 2.05) is 5.32 Å². The molecule has 0 amide bonds. The first-order valence-electron chi connectivity index (χ1n) is 4.42. The van der Waals surface area contributed by atoms with Crippen LogP contribution in [-0.2, 0) is 19.2 Å². The number of nitrogens with one attached hydrogen (secondary N) is 1. The fraction of sp³-hybridized carbons (Fsp3) is 0.111. The van der Waals surface area contributed by atoms with Crippen molar-refractivity contribution >= 4 is 23.9 Å². The third kappa shape index (κ3) is 2.29. The molecule has 0 saturated heterocycles. The number of carboxylic acid groups (broad SMARTS) is 4. The van der Waals surface area contributed by atoms with Crippen LogP contribution in [0.1, 0.15) is 6.42 Å². The summed E-state index contributed by atoms with van der Waals surface area (Å²) in [5.74, 6) is -6.64. The molecule has 18 heavy (non-hydrogen) atoms. The second-order valence-electron chi connectivity index (χ2n) is 3.23. The highest BCUT2D eigenvalue weighted by Crippen LogP contribution is 2.23. The van der Waals surface area contributed by atoms with E-state index in [1.165, 1.54) is 0 Å². The lowest BCUT2D eigenvalue weighted by molar-refractivity contribution is -0.138. The van der Waals surface area contributed by atoms with Crippen molar-refractivity contribution in [2.75, 3.05) is 0 Å². The largest absolute Gasteiger partial charge is 0.478 e. The fourth-order valence-electron chi connectivity index (χ4n) is 1.36.